The fourth-order valence-electron chi connectivity index (χ4n) is 3.06. The highest BCUT2D eigenvalue weighted by molar-refractivity contribution is 6.36. The number of nitrogens with one attached hydrogen (secondary N) is 1. The van der Waals surface area contributed by atoms with Crippen LogP contribution in [0.15, 0.2) is 36.4 Å². The Morgan fingerprint density at radius 3 is 2.78 bits per heavy atom. The molecule has 114 valence electrons. The molecule has 0 bridgehead atoms. The van der Waals surface area contributed by atoms with Crippen LogP contribution in [0.4, 0.5) is 10.1 Å². The number of carbonyl (C=O) groups is 2. The van der Waals surface area contributed by atoms with Crippen molar-refractivity contribution in [1.82, 2.24) is 0 Å². The average Bonchev–Trinajstić information content (AvgIpc) is 3.03. The molecule has 4 nitrogen and oxygen atoms in total. The van der Waals surface area contributed by atoms with Crippen LogP contribution in [-0.4, -0.2) is 12.2 Å². The molecule has 0 saturated heterocycles. The quantitative estimate of drug-likeness (QED) is 0.647. The predicted octanol–water partition coefficient (Wildman–Crippen LogP) is 3.55. The summed E-state index contributed by atoms with van der Waals surface area (Å²) in [5.41, 5.74) is 3.52. The normalized spacial score (nSPS) is 21.5. The zero-order valence-electron chi connectivity index (χ0n) is 12.2. The van der Waals surface area contributed by atoms with Gasteiger partial charge in [-0.1, -0.05) is 12.1 Å². The average molecular weight is 309 g/mol. The first-order valence-corrected chi connectivity index (χ1v) is 7.20. The van der Waals surface area contributed by atoms with E-state index < -0.39 is 5.82 Å². The van der Waals surface area contributed by atoms with E-state index in [1.165, 1.54) is 18.2 Å². The molecule has 0 radical (unpaired) electrons. The molecule has 23 heavy (non-hydrogen) atoms. The van der Waals surface area contributed by atoms with Gasteiger partial charge in [0, 0.05) is 27.9 Å². The number of aldehydes is 1. The van der Waals surface area contributed by atoms with Crippen molar-refractivity contribution >= 4 is 29.2 Å². The van der Waals surface area contributed by atoms with Crippen molar-refractivity contribution in [3.63, 3.8) is 0 Å². The van der Waals surface area contributed by atoms with E-state index in [0.717, 1.165) is 17.4 Å². The maximum Gasteiger partial charge on any atom is 0.260 e. The molecule has 1 unspecified atom stereocenters. The van der Waals surface area contributed by atoms with Gasteiger partial charge < -0.3 is 10.1 Å². The van der Waals surface area contributed by atoms with Gasteiger partial charge >= 0.3 is 0 Å². The highest BCUT2D eigenvalue weighted by Gasteiger charge is 2.35. The molecule has 4 rings (SSSR count). The Morgan fingerprint density at radius 2 is 2.00 bits per heavy atom. The first kappa shape index (κ1) is 13.7. The Kier molecular flexibility index (Phi) is 2.84. The minimum atomic E-state index is -0.416. The summed E-state index contributed by atoms with van der Waals surface area (Å²) in [4.78, 5) is 23.3. The summed E-state index contributed by atoms with van der Waals surface area (Å²) >= 11 is 0. The number of benzene rings is 2. The lowest BCUT2D eigenvalue weighted by molar-refractivity contribution is -0.110. The molecule has 1 atom stereocenters. The molecule has 0 spiro atoms. The number of hydrogen-bond acceptors (Lipinski definition) is 3. The third-order valence-corrected chi connectivity index (χ3v) is 4.14. The molecule has 0 fully saturated rings. The molecule has 0 aliphatic carbocycles. The summed E-state index contributed by atoms with van der Waals surface area (Å²) in [7, 11) is 0. The summed E-state index contributed by atoms with van der Waals surface area (Å²) in [5, 5.41) is 2.72. The molecule has 2 aliphatic rings. The second-order valence-corrected chi connectivity index (χ2v) is 5.57. The second-order valence-electron chi connectivity index (χ2n) is 5.57. The highest BCUT2D eigenvalue weighted by atomic mass is 19.1. The topological polar surface area (TPSA) is 55.4 Å². The monoisotopic (exact) mass is 309 g/mol. The van der Waals surface area contributed by atoms with Crippen LogP contribution in [0.5, 0.6) is 0 Å². The summed E-state index contributed by atoms with van der Waals surface area (Å²) in [6, 6.07) is 9.34. The van der Waals surface area contributed by atoms with E-state index in [1.54, 1.807) is 18.2 Å². The van der Waals surface area contributed by atoms with E-state index >= 15 is 0 Å². The van der Waals surface area contributed by atoms with Gasteiger partial charge in [-0.3, -0.25) is 9.59 Å². The number of amides is 1. The van der Waals surface area contributed by atoms with Crippen LogP contribution >= 0.6 is 0 Å². The summed E-state index contributed by atoms with van der Waals surface area (Å²) in [6.07, 6.45) is 0.489. The maximum absolute atomic E-state index is 13.6. The van der Waals surface area contributed by atoms with Gasteiger partial charge in [-0.25, -0.2) is 4.39 Å². The second kappa shape index (κ2) is 4.78. The molecule has 2 aromatic rings. The van der Waals surface area contributed by atoms with Crippen molar-refractivity contribution in [2.24, 2.45) is 0 Å². The number of anilines is 1. The minimum Gasteiger partial charge on any atom is -0.484 e. The summed E-state index contributed by atoms with van der Waals surface area (Å²) in [6.45, 7) is 1.85. The molecule has 5 heteroatoms. The van der Waals surface area contributed by atoms with E-state index in [4.69, 9.17) is 4.74 Å². The molecule has 2 aromatic carbocycles. The Morgan fingerprint density at radius 1 is 1.17 bits per heavy atom. The van der Waals surface area contributed by atoms with Gasteiger partial charge in [0.1, 0.15) is 24.0 Å². The van der Waals surface area contributed by atoms with Gasteiger partial charge in [0.25, 0.3) is 5.91 Å². The lowest BCUT2D eigenvalue weighted by Crippen LogP contribution is -2.05. The van der Waals surface area contributed by atoms with E-state index in [-0.39, 0.29) is 12.0 Å². The van der Waals surface area contributed by atoms with Crippen molar-refractivity contribution in [2.45, 2.75) is 13.0 Å². The number of rotatable bonds is 1. The van der Waals surface area contributed by atoms with Crippen molar-refractivity contribution in [3.8, 4) is 0 Å². The van der Waals surface area contributed by atoms with Gasteiger partial charge in [0.2, 0.25) is 0 Å². The van der Waals surface area contributed by atoms with E-state index in [1.807, 2.05) is 6.92 Å². The molecule has 0 saturated carbocycles. The fraction of sp³-hybridized carbons (Fsp3) is 0.111. The van der Waals surface area contributed by atoms with Crippen LogP contribution in [0.2, 0.25) is 0 Å². The predicted molar refractivity (Wildman–Crippen MR) is 83.2 cm³/mol. The van der Waals surface area contributed by atoms with Gasteiger partial charge in [-0.15, -0.1) is 0 Å². The minimum absolute atomic E-state index is 0.280. The maximum atomic E-state index is 13.6. The van der Waals surface area contributed by atoms with Crippen LogP contribution in [0.3, 0.4) is 0 Å². The Balaban J connectivity index is 1.96. The number of hydrogen-bond donors (Lipinski definition) is 1. The smallest absolute Gasteiger partial charge is 0.260 e. The van der Waals surface area contributed by atoms with Crippen LogP contribution in [0, 0.1) is 5.82 Å². The summed E-state index contributed by atoms with van der Waals surface area (Å²) in [5.74, 6) is -0.312. The molecular formula is C18H12FNO3. The largest absolute Gasteiger partial charge is 0.484 e. The van der Waals surface area contributed by atoms with Crippen molar-refractivity contribution < 1.29 is 18.7 Å². The van der Waals surface area contributed by atoms with E-state index in [2.05, 4.69) is 5.32 Å². The third-order valence-electron chi connectivity index (χ3n) is 4.14. The first-order valence-electron chi connectivity index (χ1n) is 7.20. The van der Waals surface area contributed by atoms with Gasteiger partial charge in [-0.2, -0.15) is 0 Å². The Bertz CT molecular complexity index is 901. The molecule has 1 amide bonds. The van der Waals surface area contributed by atoms with Crippen LogP contribution in [0.1, 0.15) is 40.1 Å². The number of fused-ring (bicyclic) bond motifs is 2. The Hall–Kier alpha value is -2.95. The van der Waals surface area contributed by atoms with Gasteiger partial charge in [0.15, 0.2) is 0 Å². The van der Waals surface area contributed by atoms with E-state index in [9.17, 15) is 14.0 Å². The zero-order chi connectivity index (χ0) is 16.1. The highest BCUT2D eigenvalue weighted by Crippen LogP contribution is 2.45. The first-order chi connectivity index (χ1) is 11.1. The molecule has 1 N–H and O–H groups in total. The fourth-order valence-corrected chi connectivity index (χ4v) is 3.06. The van der Waals surface area contributed by atoms with Gasteiger partial charge in [0.05, 0.1) is 5.57 Å². The van der Waals surface area contributed by atoms with E-state index in [0.29, 0.717) is 28.1 Å². The zero-order valence-corrected chi connectivity index (χ0v) is 12.2. The van der Waals surface area contributed by atoms with Crippen LogP contribution in [-0.2, 0) is 9.53 Å². The Labute approximate surface area is 131 Å². The standard InChI is InChI=1S/C18H12FNO3/c1-9-13-6-10(8-21)2-4-12(13)17(23-9)16-14-7-11(19)3-5-15(14)20-18(16)22/h2-9H,1H3,(H,20,22)/b17-16+. The molecule has 2 heterocycles. The van der Waals surface area contributed by atoms with Crippen molar-refractivity contribution in [3.05, 3.63) is 64.5 Å². The lowest BCUT2D eigenvalue weighted by Gasteiger charge is -2.07. The lowest BCUT2D eigenvalue weighted by atomic mass is 9.98. The number of carbonyl (C=O) groups excluding carboxylic acids is 2. The molecular weight excluding hydrogens is 297 g/mol. The number of ether oxygens (including phenoxy) is 1. The SMILES string of the molecule is CC1O/C(=C2/C(=O)Nc3ccc(F)cc32)c2ccc(C=O)cc21. The molecule has 0 aromatic heterocycles. The molecule has 2 aliphatic heterocycles. The van der Waals surface area contributed by atoms with Gasteiger partial charge in [-0.05, 0) is 31.2 Å². The summed E-state index contributed by atoms with van der Waals surface area (Å²) < 4.78 is 19.4. The third kappa shape index (κ3) is 1.97. The number of halogens is 1. The van der Waals surface area contributed by atoms with Crippen molar-refractivity contribution in [2.75, 3.05) is 5.32 Å². The van der Waals surface area contributed by atoms with Crippen LogP contribution < -0.4 is 5.32 Å². The van der Waals surface area contributed by atoms with Crippen LogP contribution in [0.25, 0.3) is 11.3 Å². The van der Waals surface area contributed by atoms with Crippen molar-refractivity contribution in [1.29, 1.82) is 0 Å².